The molecular formula is C12H14ClN3O3. The van der Waals surface area contributed by atoms with E-state index in [1.165, 1.54) is 20.3 Å². The number of nitrogens with zero attached hydrogens (tertiary/aromatic N) is 1. The van der Waals surface area contributed by atoms with E-state index in [9.17, 15) is 4.79 Å². The molecule has 102 valence electrons. The van der Waals surface area contributed by atoms with Gasteiger partial charge in [0.15, 0.2) is 5.96 Å². The highest BCUT2D eigenvalue weighted by Gasteiger charge is 2.17. The zero-order valence-electron chi connectivity index (χ0n) is 10.6. The fourth-order valence-electron chi connectivity index (χ4n) is 1.70. The van der Waals surface area contributed by atoms with Crippen molar-refractivity contribution < 1.29 is 14.3 Å². The summed E-state index contributed by atoms with van der Waals surface area (Å²) in [6.07, 6.45) is 0. The molecule has 0 bridgehead atoms. The van der Waals surface area contributed by atoms with Crippen LogP contribution >= 0.6 is 11.6 Å². The molecule has 2 N–H and O–H groups in total. The average molecular weight is 284 g/mol. The Balaban J connectivity index is 2.32. The molecule has 0 spiro atoms. The molecule has 2 rings (SSSR count). The highest BCUT2D eigenvalue weighted by Crippen LogP contribution is 2.31. The highest BCUT2D eigenvalue weighted by molar-refractivity contribution is 6.34. The van der Waals surface area contributed by atoms with Gasteiger partial charge in [0, 0.05) is 12.6 Å². The monoisotopic (exact) mass is 283 g/mol. The fourth-order valence-corrected chi connectivity index (χ4v) is 1.91. The zero-order valence-corrected chi connectivity index (χ0v) is 11.4. The quantitative estimate of drug-likeness (QED) is 0.823. The number of anilines is 1. The van der Waals surface area contributed by atoms with Crippen LogP contribution in [-0.2, 0) is 4.74 Å². The Hall–Kier alpha value is -1.95. The van der Waals surface area contributed by atoms with Gasteiger partial charge in [-0.25, -0.2) is 4.79 Å². The summed E-state index contributed by atoms with van der Waals surface area (Å²) in [5.41, 5.74) is 0.890. The standard InChI is InChI=1S/C12H14ClN3O3/c1-18-10-6-9(16-12-14-3-4-15-12)8(13)5-7(10)11(17)19-2/h5-6H,3-4H2,1-2H3,(H2,14,15,16). The first-order valence-electron chi connectivity index (χ1n) is 5.67. The number of aliphatic imine (C=N–C) groups is 1. The lowest BCUT2D eigenvalue weighted by Gasteiger charge is -2.13. The van der Waals surface area contributed by atoms with Crippen LogP contribution in [0.1, 0.15) is 10.4 Å². The molecule has 0 saturated heterocycles. The number of ether oxygens (including phenoxy) is 2. The number of nitrogens with one attached hydrogen (secondary N) is 2. The van der Waals surface area contributed by atoms with Crippen molar-refractivity contribution in [1.82, 2.24) is 5.32 Å². The molecule has 0 fully saturated rings. The highest BCUT2D eigenvalue weighted by atomic mass is 35.5. The third-order valence-electron chi connectivity index (χ3n) is 2.62. The Morgan fingerprint density at radius 1 is 1.47 bits per heavy atom. The number of esters is 1. The van der Waals surface area contributed by atoms with Crippen LogP contribution < -0.4 is 15.4 Å². The molecule has 0 unspecified atom stereocenters. The SMILES string of the molecule is COC(=O)c1cc(Cl)c(NC2=NCCN2)cc1OC. The summed E-state index contributed by atoms with van der Waals surface area (Å²) in [6.45, 7) is 1.51. The number of carbonyl (C=O) groups is 1. The van der Waals surface area contributed by atoms with E-state index in [-0.39, 0.29) is 5.56 Å². The predicted molar refractivity (Wildman–Crippen MR) is 73.3 cm³/mol. The lowest BCUT2D eigenvalue weighted by atomic mass is 10.2. The van der Waals surface area contributed by atoms with E-state index in [4.69, 9.17) is 16.3 Å². The van der Waals surface area contributed by atoms with Gasteiger partial charge in [-0.3, -0.25) is 4.99 Å². The van der Waals surface area contributed by atoms with Gasteiger partial charge in [-0.15, -0.1) is 0 Å². The molecule has 1 aromatic carbocycles. The topological polar surface area (TPSA) is 72.0 Å². The van der Waals surface area contributed by atoms with Crippen molar-refractivity contribution in [3.63, 3.8) is 0 Å². The first-order chi connectivity index (χ1) is 9.15. The summed E-state index contributed by atoms with van der Waals surface area (Å²) < 4.78 is 9.84. The first kappa shape index (κ1) is 13.5. The maximum Gasteiger partial charge on any atom is 0.341 e. The maximum absolute atomic E-state index is 11.6. The van der Waals surface area contributed by atoms with Gasteiger partial charge in [0.2, 0.25) is 0 Å². The largest absolute Gasteiger partial charge is 0.496 e. The van der Waals surface area contributed by atoms with Gasteiger partial charge in [-0.1, -0.05) is 11.6 Å². The molecular weight excluding hydrogens is 270 g/mol. The summed E-state index contributed by atoms with van der Waals surface area (Å²) in [6, 6.07) is 3.14. The number of hydrogen-bond donors (Lipinski definition) is 2. The number of rotatable bonds is 3. The third-order valence-corrected chi connectivity index (χ3v) is 2.93. The summed E-state index contributed by atoms with van der Waals surface area (Å²) in [4.78, 5) is 15.8. The second-order valence-corrected chi connectivity index (χ2v) is 4.21. The Labute approximate surface area is 115 Å². The fraction of sp³-hybridized carbons (Fsp3) is 0.333. The molecule has 7 heteroatoms. The first-order valence-corrected chi connectivity index (χ1v) is 6.04. The van der Waals surface area contributed by atoms with Crippen LogP contribution in [0.4, 0.5) is 5.69 Å². The summed E-state index contributed by atoms with van der Waals surface area (Å²) >= 11 is 6.13. The third kappa shape index (κ3) is 2.90. The Kier molecular flexibility index (Phi) is 4.11. The van der Waals surface area contributed by atoms with Crippen LogP contribution in [0.3, 0.4) is 0 Å². The molecule has 1 aromatic rings. The second kappa shape index (κ2) is 5.79. The van der Waals surface area contributed by atoms with Crippen LogP contribution in [0, 0.1) is 0 Å². The number of methoxy groups -OCH3 is 2. The molecule has 0 aromatic heterocycles. The number of carbonyl (C=O) groups excluding carboxylic acids is 1. The van der Waals surface area contributed by atoms with Gasteiger partial charge in [-0.05, 0) is 6.07 Å². The van der Waals surface area contributed by atoms with Crippen molar-refractivity contribution in [2.45, 2.75) is 0 Å². The van der Waals surface area contributed by atoms with Crippen LogP contribution in [0.15, 0.2) is 17.1 Å². The van der Waals surface area contributed by atoms with Gasteiger partial charge < -0.3 is 20.1 Å². The van der Waals surface area contributed by atoms with Gasteiger partial charge in [0.25, 0.3) is 0 Å². The minimum Gasteiger partial charge on any atom is -0.496 e. The molecule has 0 radical (unpaired) electrons. The summed E-state index contributed by atoms with van der Waals surface area (Å²) in [7, 11) is 2.78. The van der Waals surface area contributed by atoms with Crippen LogP contribution in [0.25, 0.3) is 0 Å². The number of guanidine groups is 1. The lowest BCUT2D eigenvalue weighted by molar-refractivity contribution is 0.0597. The second-order valence-electron chi connectivity index (χ2n) is 3.81. The molecule has 6 nitrogen and oxygen atoms in total. The van der Waals surface area contributed by atoms with E-state index in [2.05, 4.69) is 20.4 Å². The zero-order chi connectivity index (χ0) is 13.8. The van der Waals surface area contributed by atoms with Crippen molar-refractivity contribution in [1.29, 1.82) is 0 Å². The number of halogens is 1. The molecule has 1 heterocycles. The number of benzene rings is 1. The molecule has 0 saturated carbocycles. The van der Waals surface area contributed by atoms with Crippen LogP contribution in [-0.4, -0.2) is 39.2 Å². The van der Waals surface area contributed by atoms with Gasteiger partial charge in [0.05, 0.1) is 31.5 Å². The van der Waals surface area contributed by atoms with Crippen LogP contribution in [0.2, 0.25) is 5.02 Å². The molecule has 0 amide bonds. The van der Waals surface area contributed by atoms with Crippen molar-refractivity contribution in [2.24, 2.45) is 4.99 Å². The minimum atomic E-state index is -0.498. The number of hydrogen-bond acceptors (Lipinski definition) is 6. The van der Waals surface area contributed by atoms with E-state index in [1.807, 2.05) is 0 Å². The van der Waals surface area contributed by atoms with Crippen molar-refractivity contribution in [3.05, 3.63) is 22.7 Å². The van der Waals surface area contributed by atoms with E-state index in [0.29, 0.717) is 22.4 Å². The summed E-state index contributed by atoms with van der Waals surface area (Å²) in [5.74, 6) is 0.536. The molecule has 1 aliphatic heterocycles. The lowest BCUT2D eigenvalue weighted by Crippen LogP contribution is -2.26. The van der Waals surface area contributed by atoms with E-state index < -0.39 is 5.97 Å². The average Bonchev–Trinajstić information content (AvgIpc) is 2.92. The smallest absolute Gasteiger partial charge is 0.341 e. The normalized spacial score (nSPS) is 13.5. The molecule has 1 aliphatic rings. The van der Waals surface area contributed by atoms with E-state index in [1.54, 1.807) is 6.07 Å². The van der Waals surface area contributed by atoms with Gasteiger partial charge in [-0.2, -0.15) is 0 Å². The molecule has 0 aliphatic carbocycles. The minimum absolute atomic E-state index is 0.280. The van der Waals surface area contributed by atoms with E-state index in [0.717, 1.165) is 13.1 Å². The Morgan fingerprint density at radius 3 is 2.84 bits per heavy atom. The van der Waals surface area contributed by atoms with E-state index >= 15 is 0 Å². The van der Waals surface area contributed by atoms with Crippen molar-refractivity contribution >= 4 is 29.2 Å². The van der Waals surface area contributed by atoms with Crippen LogP contribution in [0.5, 0.6) is 5.75 Å². The molecule has 0 atom stereocenters. The Bertz CT molecular complexity index is 531. The predicted octanol–water partition coefficient (Wildman–Crippen LogP) is 1.51. The van der Waals surface area contributed by atoms with Gasteiger partial charge >= 0.3 is 5.97 Å². The van der Waals surface area contributed by atoms with Gasteiger partial charge in [0.1, 0.15) is 11.3 Å². The Morgan fingerprint density at radius 2 is 2.26 bits per heavy atom. The summed E-state index contributed by atoms with van der Waals surface area (Å²) in [5, 5.41) is 6.50. The maximum atomic E-state index is 11.6. The molecule has 19 heavy (non-hydrogen) atoms. The van der Waals surface area contributed by atoms with Crippen molar-refractivity contribution in [3.8, 4) is 5.75 Å². The van der Waals surface area contributed by atoms with Crippen molar-refractivity contribution in [2.75, 3.05) is 32.6 Å².